The van der Waals surface area contributed by atoms with Gasteiger partial charge in [-0.1, -0.05) is 11.3 Å². The molecule has 24 heavy (non-hydrogen) atoms. The second kappa shape index (κ2) is 6.66. The summed E-state index contributed by atoms with van der Waals surface area (Å²) in [7, 11) is 0. The lowest BCUT2D eigenvalue weighted by atomic mass is 9.90. The first kappa shape index (κ1) is 15.8. The van der Waals surface area contributed by atoms with Crippen molar-refractivity contribution in [3.63, 3.8) is 0 Å². The summed E-state index contributed by atoms with van der Waals surface area (Å²) in [4.78, 5) is 2.27. The summed E-state index contributed by atoms with van der Waals surface area (Å²) in [5, 5.41) is 19.9. The van der Waals surface area contributed by atoms with Crippen LogP contribution in [0.5, 0.6) is 5.75 Å². The number of phenols is 1. The summed E-state index contributed by atoms with van der Waals surface area (Å²) in [5.41, 5.74) is 0.959. The molecule has 1 aromatic heterocycles. The van der Waals surface area contributed by atoms with E-state index in [0.29, 0.717) is 6.61 Å². The molecule has 3 heterocycles. The Labute approximate surface area is 145 Å². The molecule has 2 aromatic rings. The highest BCUT2D eigenvalue weighted by atomic mass is 32.1. The standard InChI is InChI=1S/C17H21N3O3S/c21-14-3-1-13(2-4-14)15-18-19-16(24-15)20-8-5-17(23-12-9-20)6-10-22-11-7-17/h1-4,21H,5-12H2. The van der Waals surface area contributed by atoms with Gasteiger partial charge >= 0.3 is 0 Å². The van der Waals surface area contributed by atoms with Crippen LogP contribution >= 0.6 is 11.3 Å². The summed E-state index contributed by atoms with van der Waals surface area (Å²) in [5.74, 6) is 0.259. The fraction of sp³-hybridized carbons (Fsp3) is 0.529. The zero-order valence-electron chi connectivity index (χ0n) is 13.5. The predicted molar refractivity (Wildman–Crippen MR) is 92.6 cm³/mol. The minimum Gasteiger partial charge on any atom is -0.508 e. The fourth-order valence-corrected chi connectivity index (χ4v) is 4.19. The van der Waals surface area contributed by atoms with Crippen molar-refractivity contribution in [2.45, 2.75) is 24.9 Å². The minimum atomic E-state index is -0.0164. The van der Waals surface area contributed by atoms with E-state index in [4.69, 9.17) is 9.47 Å². The number of aromatic nitrogens is 2. The van der Waals surface area contributed by atoms with Gasteiger partial charge in [0.2, 0.25) is 5.13 Å². The Morgan fingerprint density at radius 2 is 1.79 bits per heavy atom. The molecule has 0 radical (unpaired) electrons. The molecule has 1 N–H and O–H groups in total. The van der Waals surface area contributed by atoms with Gasteiger partial charge < -0.3 is 19.5 Å². The number of nitrogens with zero attached hydrogens (tertiary/aromatic N) is 3. The topological polar surface area (TPSA) is 67.7 Å². The quantitative estimate of drug-likeness (QED) is 0.901. The first-order valence-corrected chi connectivity index (χ1v) is 9.15. The smallest absolute Gasteiger partial charge is 0.208 e. The van der Waals surface area contributed by atoms with E-state index in [1.54, 1.807) is 23.5 Å². The van der Waals surface area contributed by atoms with Crippen molar-refractivity contribution in [1.29, 1.82) is 0 Å². The van der Waals surface area contributed by atoms with E-state index in [-0.39, 0.29) is 11.4 Å². The van der Waals surface area contributed by atoms with Crippen LogP contribution in [-0.2, 0) is 9.47 Å². The van der Waals surface area contributed by atoms with Crippen molar-refractivity contribution in [1.82, 2.24) is 10.2 Å². The maximum Gasteiger partial charge on any atom is 0.208 e. The Hall–Kier alpha value is -1.70. The summed E-state index contributed by atoms with van der Waals surface area (Å²) in [6, 6.07) is 7.07. The molecule has 0 bridgehead atoms. The zero-order chi connectivity index (χ0) is 16.4. The summed E-state index contributed by atoms with van der Waals surface area (Å²) in [6.45, 7) is 4.08. The Bertz CT molecular complexity index is 683. The predicted octanol–water partition coefficient (Wildman–Crippen LogP) is 2.69. The number of hydrogen-bond donors (Lipinski definition) is 1. The monoisotopic (exact) mass is 347 g/mol. The molecule has 7 heteroatoms. The Morgan fingerprint density at radius 3 is 2.58 bits per heavy atom. The van der Waals surface area contributed by atoms with Gasteiger partial charge in [-0.25, -0.2) is 0 Å². The third-order valence-electron chi connectivity index (χ3n) is 4.81. The molecule has 1 spiro atoms. The van der Waals surface area contributed by atoms with Gasteiger partial charge in [-0.15, -0.1) is 10.2 Å². The van der Waals surface area contributed by atoms with E-state index in [1.165, 1.54) is 0 Å². The summed E-state index contributed by atoms with van der Waals surface area (Å²) in [6.07, 6.45) is 2.97. The van der Waals surface area contributed by atoms with Crippen molar-refractivity contribution in [3.8, 4) is 16.3 Å². The molecular weight excluding hydrogens is 326 g/mol. The van der Waals surface area contributed by atoms with Crippen molar-refractivity contribution < 1.29 is 14.6 Å². The van der Waals surface area contributed by atoms with Gasteiger partial charge in [-0.3, -0.25) is 0 Å². The van der Waals surface area contributed by atoms with Crippen LogP contribution in [0.3, 0.4) is 0 Å². The van der Waals surface area contributed by atoms with Crippen LogP contribution in [0, 0.1) is 0 Å². The van der Waals surface area contributed by atoms with E-state index in [9.17, 15) is 5.11 Å². The number of hydrogen-bond acceptors (Lipinski definition) is 7. The normalized spacial score (nSPS) is 20.9. The molecule has 2 fully saturated rings. The van der Waals surface area contributed by atoms with E-state index < -0.39 is 0 Å². The summed E-state index contributed by atoms with van der Waals surface area (Å²) >= 11 is 1.58. The Balaban J connectivity index is 1.47. The lowest BCUT2D eigenvalue weighted by Gasteiger charge is -2.35. The molecule has 0 unspecified atom stereocenters. The molecule has 2 aliphatic rings. The maximum atomic E-state index is 9.40. The first-order valence-electron chi connectivity index (χ1n) is 8.34. The minimum absolute atomic E-state index is 0.0164. The Kier molecular flexibility index (Phi) is 4.39. The molecule has 0 atom stereocenters. The van der Waals surface area contributed by atoms with Crippen LogP contribution in [-0.4, -0.2) is 53.8 Å². The molecule has 2 saturated heterocycles. The van der Waals surface area contributed by atoms with Crippen LogP contribution in [0.4, 0.5) is 5.13 Å². The third-order valence-corrected chi connectivity index (χ3v) is 5.84. The SMILES string of the molecule is Oc1ccc(-c2nnc(N3CCOC4(CCOCC4)CC3)s2)cc1. The average molecular weight is 347 g/mol. The van der Waals surface area contributed by atoms with Crippen molar-refractivity contribution >= 4 is 16.5 Å². The number of phenolic OH excluding ortho intramolecular Hbond substituents is 1. The van der Waals surface area contributed by atoms with Gasteiger partial charge in [0.05, 0.1) is 12.2 Å². The molecule has 0 amide bonds. The Morgan fingerprint density at radius 1 is 1.00 bits per heavy atom. The lowest BCUT2D eigenvalue weighted by Crippen LogP contribution is -2.39. The van der Waals surface area contributed by atoms with Gasteiger partial charge in [0.25, 0.3) is 0 Å². The molecular formula is C17H21N3O3S. The molecule has 0 saturated carbocycles. The largest absolute Gasteiger partial charge is 0.508 e. The lowest BCUT2D eigenvalue weighted by molar-refractivity contribution is -0.105. The fourth-order valence-electron chi connectivity index (χ4n) is 3.29. The maximum absolute atomic E-state index is 9.40. The van der Waals surface area contributed by atoms with Crippen molar-refractivity contribution in [2.75, 3.05) is 37.8 Å². The molecule has 0 aliphatic carbocycles. The van der Waals surface area contributed by atoms with Gasteiger partial charge in [-0.05, 0) is 43.5 Å². The van der Waals surface area contributed by atoms with Gasteiger partial charge in [0.15, 0.2) is 0 Å². The second-order valence-corrected chi connectivity index (χ2v) is 7.27. The van der Waals surface area contributed by atoms with Gasteiger partial charge in [0, 0.05) is 31.9 Å². The number of ether oxygens (including phenoxy) is 2. The van der Waals surface area contributed by atoms with E-state index >= 15 is 0 Å². The zero-order valence-corrected chi connectivity index (χ0v) is 14.3. The van der Waals surface area contributed by atoms with Crippen LogP contribution < -0.4 is 4.90 Å². The highest BCUT2D eigenvalue weighted by Crippen LogP contribution is 2.34. The van der Waals surface area contributed by atoms with E-state index in [1.807, 2.05) is 12.1 Å². The molecule has 1 aromatic carbocycles. The average Bonchev–Trinajstić information content (AvgIpc) is 3.01. The van der Waals surface area contributed by atoms with Crippen LogP contribution in [0.15, 0.2) is 24.3 Å². The van der Waals surface area contributed by atoms with Crippen LogP contribution in [0.1, 0.15) is 19.3 Å². The van der Waals surface area contributed by atoms with Crippen molar-refractivity contribution in [2.24, 2.45) is 0 Å². The first-order chi connectivity index (χ1) is 11.7. The molecule has 6 nitrogen and oxygen atoms in total. The van der Waals surface area contributed by atoms with Crippen molar-refractivity contribution in [3.05, 3.63) is 24.3 Å². The number of aromatic hydroxyl groups is 1. The molecule has 4 rings (SSSR count). The highest BCUT2D eigenvalue weighted by Gasteiger charge is 2.36. The molecule has 2 aliphatic heterocycles. The second-order valence-electron chi connectivity index (χ2n) is 6.32. The van der Waals surface area contributed by atoms with Crippen LogP contribution in [0.2, 0.25) is 0 Å². The van der Waals surface area contributed by atoms with E-state index in [0.717, 1.165) is 61.3 Å². The van der Waals surface area contributed by atoms with E-state index in [2.05, 4.69) is 15.1 Å². The number of rotatable bonds is 2. The van der Waals surface area contributed by atoms with Crippen LogP contribution in [0.25, 0.3) is 10.6 Å². The summed E-state index contributed by atoms with van der Waals surface area (Å²) < 4.78 is 11.7. The molecule has 128 valence electrons. The number of benzene rings is 1. The number of anilines is 1. The van der Waals surface area contributed by atoms with Gasteiger partial charge in [0.1, 0.15) is 10.8 Å². The third kappa shape index (κ3) is 3.24. The van der Waals surface area contributed by atoms with Gasteiger partial charge in [-0.2, -0.15) is 0 Å². The highest BCUT2D eigenvalue weighted by molar-refractivity contribution is 7.18.